The fourth-order valence-corrected chi connectivity index (χ4v) is 2.43. The van der Waals surface area contributed by atoms with Gasteiger partial charge in [0.15, 0.2) is 6.61 Å². The molecular formula is C20H25NO2. The fourth-order valence-electron chi connectivity index (χ4n) is 2.43. The summed E-state index contributed by atoms with van der Waals surface area (Å²) >= 11 is 0. The Balaban J connectivity index is 1.66. The highest BCUT2D eigenvalue weighted by molar-refractivity contribution is 5.77. The van der Waals surface area contributed by atoms with Gasteiger partial charge in [-0.25, -0.2) is 0 Å². The van der Waals surface area contributed by atoms with E-state index < -0.39 is 0 Å². The van der Waals surface area contributed by atoms with Gasteiger partial charge in [-0.2, -0.15) is 0 Å². The summed E-state index contributed by atoms with van der Waals surface area (Å²) in [6, 6.07) is 14.5. The maximum absolute atomic E-state index is 11.8. The van der Waals surface area contributed by atoms with Crippen molar-refractivity contribution in [2.45, 2.75) is 33.6 Å². The van der Waals surface area contributed by atoms with E-state index in [2.05, 4.69) is 42.6 Å². The SMILES string of the molecule is Cc1ccc(CCCNC(=O)COc2ccc(C)cc2C)cc1. The second kappa shape index (κ2) is 8.37. The van der Waals surface area contributed by atoms with Crippen LogP contribution in [0.3, 0.4) is 0 Å². The third-order valence-corrected chi connectivity index (χ3v) is 3.77. The Bertz CT molecular complexity index is 647. The molecule has 0 aliphatic carbocycles. The zero-order valence-corrected chi connectivity index (χ0v) is 14.2. The van der Waals surface area contributed by atoms with Crippen molar-refractivity contribution in [3.63, 3.8) is 0 Å². The van der Waals surface area contributed by atoms with Crippen LogP contribution in [0.25, 0.3) is 0 Å². The van der Waals surface area contributed by atoms with Crippen molar-refractivity contribution in [3.8, 4) is 5.75 Å². The zero-order chi connectivity index (χ0) is 16.7. The minimum Gasteiger partial charge on any atom is -0.484 e. The van der Waals surface area contributed by atoms with Crippen molar-refractivity contribution in [2.24, 2.45) is 0 Å². The highest BCUT2D eigenvalue weighted by Crippen LogP contribution is 2.18. The summed E-state index contributed by atoms with van der Waals surface area (Å²) in [5.74, 6) is 0.694. The number of benzene rings is 2. The molecule has 0 unspecified atom stereocenters. The van der Waals surface area contributed by atoms with Crippen LogP contribution in [0.4, 0.5) is 0 Å². The van der Waals surface area contributed by atoms with Crippen LogP contribution in [0.2, 0.25) is 0 Å². The lowest BCUT2D eigenvalue weighted by molar-refractivity contribution is -0.123. The number of carbonyl (C=O) groups is 1. The molecule has 0 fully saturated rings. The summed E-state index contributed by atoms with van der Waals surface area (Å²) < 4.78 is 5.57. The van der Waals surface area contributed by atoms with Gasteiger partial charge in [0.05, 0.1) is 0 Å². The van der Waals surface area contributed by atoms with Crippen LogP contribution >= 0.6 is 0 Å². The van der Waals surface area contributed by atoms with Crippen LogP contribution in [0.1, 0.15) is 28.7 Å². The van der Waals surface area contributed by atoms with E-state index in [9.17, 15) is 4.79 Å². The molecule has 0 aliphatic rings. The average molecular weight is 311 g/mol. The Morgan fingerprint density at radius 1 is 1.00 bits per heavy atom. The van der Waals surface area contributed by atoms with Crippen LogP contribution in [0.15, 0.2) is 42.5 Å². The zero-order valence-electron chi connectivity index (χ0n) is 14.2. The van der Waals surface area contributed by atoms with E-state index in [0.29, 0.717) is 6.54 Å². The maximum Gasteiger partial charge on any atom is 0.257 e. The summed E-state index contributed by atoms with van der Waals surface area (Å²) in [7, 11) is 0. The van der Waals surface area contributed by atoms with Gasteiger partial charge in [0.1, 0.15) is 5.75 Å². The van der Waals surface area contributed by atoms with Gasteiger partial charge in [0, 0.05) is 6.54 Å². The lowest BCUT2D eigenvalue weighted by Crippen LogP contribution is -2.30. The molecule has 2 aromatic rings. The monoisotopic (exact) mass is 311 g/mol. The van der Waals surface area contributed by atoms with Crippen LogP contribution in [-0.2, 0) is 11.2 Å². The van der Waals surface area contributed by atoms with Crippen molar-refractivity contribution < 1.29 is 9.53 Å². The van der Waals surface area contributed by atoms with Crippen molar-refractivity contribution in [2.75, 3.05) is 13.2 Å². The highest BCUT2D eigenvalue weighted by atomic mass is 16.5. The number of carbonyl (C=O) groups excluding carboxylic acids is 1. The minimum atomic E-state index is -0.0751. The molecule has 3 heteroatoms. The molecule has 0 spiro atoms. The van der Waals surface area contributed by atoms with Crippen LogP contribution < -0.4 is 10.1 Å². The third-order valence-electron chi connectivity index (χ3n) is 3.77. The molecule has 3 nitrogen and oxygen atoms in total. The number of aryl methyl sites for hydroxylation is 4. The van der Waals surface area contributed by atoms with E-state index in [4.69, 9.17) is 4.74 Å². The van der Waals surface area contributed by atoms with E-state index in [0.717, 1.165) is 24.2 Å². The molecule has 1 amide bonds. The summed E-state index contributed by atoms with van der Waals surface area (Å²) in [6.07, 6.45) is 1.90. The Morgan fingerprint density at radius 2 is 1.70 bits per heavy atom. The van der Waals surface area contributed by atoms with Gasteiger partial charge in [0.25, 0.3) is 5.91 Å². The largest absolute Gasteiger partial charge is 0.484 e. The average Bonchev–Trinajstić information content (AvgIpc) is 2.52. The van der Waals surface area contributed by atoms with Gasteiger partial charge < -0.3 is 10.1 Å². The topological polar surface area (TPSA) is 38.3 Å². The number of rotatable bonds is 7. The molecule has 2 rings (SSSR count). The number of amides is 1. The van der Waals surface area contributed by atoms with E-state index in [1.54, 1.807) is 0 Å². The lowest BCUT2D eigenvalue weighted by atomic mass is 10.1. The molecule has 2 aromatic carbocycles. The summed E-state index contributed by atoms with van der Waals surface area (Å²) in [5.41, 5.74) is 4.81. The second-order valence-corrected chi connectivity index (χ2v) is 6.00. The standard InChI is InChI=1S/C20H25NO2/c1-15-6-9-18(10-7-15)5-4-12-21-20(22)14-23-19-11-8-16(2)13-17(19)3/h6-11,13H,4-5,12,14H2,1-3H3,(H,21,22). The molecular weight excluding hydrogens is 286 g/mol. The first-order chi connectivity index (χ1) is 11.0. The molecule has 0 aliphatic heterocycles. The smallest absolute Gasteiger partial charge is 0.257 e. The molecule has 23 heavy (non-hydrogen) atoms. The van der Waals surface area contributed by atoms with Crippen molar-refractivity contribution in [1.82, 2.24) is 5.32 Å². The normalized spacial score (nSPS) is 10.4. The van der Waals surface area contributed by atoms with E-state index in [1.165, 1.54) is 16.7 Å². The van der Waals surface area contributed by atoms with Crippen molar-refractivity contribution in [3.05, 3.63) is 64.7 Å². The van der Waals surface area contributed by atoms with Gasteiger partial charge in [-0.15, -0.1) is 0 Å². The first kappa shape index (κ1) is 17.1. The summed E-state index contributed by atoms with van der Waals surface area (Å²) in [6.45, 7) is 6.84. The molecule has 0 saturated heterocycles. The molecule has 122 valence electrons. The van der Waals surface area contributed by atoms with Crippen LogP contribution in [0.5, 0.6) is 5.75 Å². The van der Waals surface area contributed by atoms with Gasteiger partial charge >= 0.3 is 0 Å². The molecule has 0 saturated carbocycles. The molecule has 0 radical (unpaired) electrons. The molecule has 0 aromatic heterocycles. The number of hydrogen-bond donors (Lipinski definition) is 1. The minimum absolute atomic E-state index is 0.0639. The molecule has 0 atom stereocenters. The van der Waals surface area contributed by atoms with Gasteiger partial charge in [0.2, 0.25) is 0 Å². The van der Waals surface area contributed by atoms with E-state index >= 15 is 0 Å². The van der Waals surface area contributed by atoms with Gasteiger partial charge in [-0.05, 0) is 50.8 Å². The third kappa shape index (κ3) is 5.78. The summed E-state index contributed by atoms with van der Waals surface area (Å²) in [5, 5.41) is 2.90. The Morgan fingerprint density at radius 3 is 2.39 bits per heavy atom. The number of ether oxygens (including phenoxy) is 1. The van der Waals surface area contributed by atoms with Crippen LogP contribution in [0, 0.1) is 20.8 Å². The quantitative estimate of drug-likeness (QED) is 0.791. The molecule has 0 heterocycles. The maximum atomic E-state index is 11.8. The first-order valence-corrected chi connectivity index (χ1v) is 8.07. The Hall–Kier alpha value is -2.29. The predicted octanol–water partition coefficient (Wildman–Crippen LogP) is 3.74. The first-order valence-electron chi connectivity index (χ1n) is 8.07. The Labute approximate surface area is 138 Å². The number of nitrogens with one attached hydrogen (secondary N) is 1. The second-order valence-electron chi connectivity index (χ2n) is 6.00. The fraction of sp³-hybridized carbons (Fsp3) is 0.350. The molecule has 0 bridgehead atoms. The molecule has 1 N–H and O–H groups in total. The highest BCUT2D eigenvalue weighted by Gasteiger charge is 2.04. The van der Waals surface area contributed by atoms with Crippen molar-refractivity contribution in [1.29, 1.82) is 0 Å². The van der Waals surface area contributed by atoms with Gasteiger partial charge in [-0.3, -0.25) is 4.79 Å². The van der Waals surface area contributed by atoms with Crippen LogP contribution in [-0.4, -0.2) is 19.1 Å². The Kier molecular flexibility index (Phi) is 6.21. The van der Waals surface area contributed by atoms with E-state index in [1.807, 2.05) is 26.0 Å². The predicted molar refractivity (Wildman–Crippen MR) is 93.9 cm³/mol. The van der Waals surface area contributed by atoms with E-state index in [-0.39, 0.29) is 12.5 Å². The van der Waals surface area contributed by atoms with Gasteiger partial charge in [-0.1, -0.05) is 47.5 Å². The summed E-state index contributed by atoms with van der Waals surface area (Å²) in [4.78, 5) is 11.8. The lowest BCUT2D eigenvalue weighted by Gasteiger charge is -2.10. The number of hydrogen-bond acceptors (Lipinski definition) is 2. The van der Waals surface area contributed by atoms with Crippen molar-refractivity contribution >= 4 is 5.91 Å².